The molecule has 2 unspecified atom stereocenters. The van der Waals surface area contributed by atoms with Crippen molar-refractivity contribution in [2.24, 2.45) is 5.41 Å². The molecule has 1 aromatic heterocycles. The summed E-state index contributed by atoms with van der Waals surface area (Å²) in [6.45, 7) is 7.37. The molecule has 6 heteroatoms. The van der Waals surface area contributed by atoms with Gasteiger partial charge in [0.25, 0.3) is 0 Å². The lowest BCUT2D eigenvalue weighted by atomic mass is 9.64. The number of ether oxygens (including phenoxy) is 1. The largest absolute Gasteiger partial charge is 0.381 e. The van der Waals surface area contributed by atoms with Crippen molar-refractivity contribution in [3.8, 4) is 0 Å². The van der Waals surface area contributed by atoms with Gasteiger partial charge in [-0.05, 0) is 19.6 Å². The van der Waals surface area contributed by atoms with Crippen LogP contribution >= 0.6 is 11.8 Å². The average molecular weight is 296 g/mol. The summed E-state index contributed by atoms with van der Waals surface area (Å²) < 4.78 is 5.49. The Hall–Kier alpha value is -1.01. The lowest BCUT2D eigenvalue weighted by Gasteiger charge is -2.51. The van der Waals surface area contributed by atoms with Crippen LogP contribution in [0.4, 0.5) is 11.6 Å². The topological polar surface area (TPSA) is 59.1 Å². The molecule has 112 valence electrons. The molecule has 0 spiro atoms. The second kappa shape index (κ2) is 6.18. The van der Waals surface area contributed by atoms with Gasteiger partial charge >= 0.3 is 0 Å². The minimum atomic E-state index is 0.123. The Morgan fingerprint density at radius 2 is 2.10 bits per heavy atom. The molecule has 20 heavy (non-hydrogen) atoms. The van der Waals surface area contributed by atoms with E-state index in [2.05, 4.69) is 41.4 Å². The fourth-order valence-corrected chi connectivity index (χ4v) is 2.95. The Labute approximate surface area is 125 Å². The fraction of sp³-hybridized carbons (Fsp3) is 0.714. The SMILES string of the molecule is CCNc1cc(NC2CC(OC)C2(C)C)nc(SC)n1. The fourth-order valence-electron chi connectivity index (χ4n) is 2.57. The minimum Gasteiger partial charge on any atom is -0.381 e. The first-order valence-electron chi connectivity index (χ1n) is 6.97. The zero-order chi connectivity index (χ0) is 14.8. The number of nitrogens with zero attached hydrogens (tertiary/aromatic N) is 2. The first-order chi connectivity index (χ1) is 9.51. The van der Waals surface area contributed by atoms with Crippen LogP contribution < -0.4 is 10.6 Å². The number of hydrogen-bond donors (Lipinski definition) is 2. The van der Waals surface area contributed by atoms with Gasteiger partial charge in [0.2, 0.25) is 0 Å². The van der Waals surface area contributed by atoms with Crippen LogP contribution in [0.25, 0.3) is 0 Å². The van der Waals surface area contributed by atoms with Gasteiger partial charge in [-0.25, -0.2) is 9.97 Å². The second-order valence-electron chi connectivity index (χ2n) is 5.63. The molecule has 1 aliphatic rings. The summed E-state index contributed by atoms with van der Waals surface area (Å²) in [6.07, 6.45) is 3.32. The van der Waals surface area contributed by atoms with Gasteiger partial charge in [-0.2, -0.15) is 0 Å². The quantitative estimate of drug-likeness (QED) is 0.622. The predicted octanol–water partition coefficient (Wildman–Crippen LogP) is 2.86. The first-order valence-corrected chi connectivity index (χ1v) is 8.20. The van der Waals surface area contributed by atoms with E-state index in [0.717, 1.165) is 29.8 Å². The van der Waals surface area contributed by atoms with Crippen LogP contribution in [0.5, 0.6) is 0 Å². The molecule has 1 fully saturated rings. The van der Waals surface area contributed by atoms with Gasteiger partial charge in [-0.1, -0.05) is 25.6 Å². The monoisotopic (exact) mass is 296 g/mol. The van der Waals surface area contributed by atoms with Gasteiger partial charge in [0, 0.05) is 31.2 Å². The van der Waals surface area contributed by atoms with Crippen LogP contribution in [0.1, 0.15) is 27.2 Å². The smallest absolute Gasteiger partial charge is 0.191 e. The van der Waals surface area contributed by atoms with E-state index in [1.165, 1.54) is 0 Å². The molecule has 0 radical (unpaired) electrons. The minimum absolute atomic E-state index is 0.123. The number of hydrogen-bond acceptors (Lipinski definition) is 6. The first kappa shape index (κ1) is 15.4. The molecular weight excluding hydrogens is 272 g/mol. The summed E-state index contributed by atoms with van der Waals surface area (Å²) in [4.78, 5) is 8.97. The molecule has 2 N–H and O–H groups in total. The van der Waals surface area contributed by atoms with Crippen LogP contribution in [0.2, 0.25) is 0 Å². The maximum Gasteiger partial charge on any atom is 0.191 e. The maximum absolute atomic E-state index is 5.49. The van der Waals surface area contributed by atoms with Crippen LogP contribution in [0.15, 0.2) is 11.2 Å². The van der Waals surface area contributed by atoms with Crippen molar-refractivity contribution in [1.82, 2.24) is 9.97 Å². The van der Waals surface area contributed by atoms with Gasteiger partial charge in [0.05, 0.1) is 6.10 Å². The highest BCUT2D eigenvalue weighted by Gasteiger charge is 2.48. The molecule has 1 heterocycles. The van der Waals surface area contributed by atoms with E-state index < -0.39 is 0 Å². The van der Waals surface area contributed by atoms with Gasteiger partial charge in [0.1, 0.15) is 11.6 Å². The van der Waals surface area contributed by atoms with Crippen molar-refractivity contribution in [1.29, 1.82) is 0 Å². The van der Waals surface area contributed by atoms with Crippen molar-refractivity contribution < 1.29 is 4.74 Å². The van der Waals surface area contributed by atoms with E-state index in [-0.39, 0.29) is 5.41 Å². The summed E-state index contributed by atoms with van der Waals surface area (Å²) in [5.74, 6) is 1.75. The molecule has 0 aromatic carbocycles. The standard InChI is InChI=1S/C14H24N4OS/c1-6-15-11-8-12(18-13(17-11)20-5)16-9-7-10(19-4)14(9,2)3/h8-10H,6-7H2,1-5H3,(H2,15,16,17,18). The summed E-state index contributed by atoms with van der Waals surface area (Å²) in [7, 11) is 1.78. The van der Waals surface area contributed by atoms with Crippen LogP contribution in [0, 0.1) is 5.41 Å². The van der Waals surface area contributed by atoms with Crippen LogP contribution in [-0.2, 0) is 4.74 Å². The molecule has 2 atom stereocenters. The molecule has 0 aliphatic heterocycles. The average Bonchev–Trinajstić information content (AvgIpc) is 2.43. The molecular formula is C14H24N4OS. The van der Waals surface area contributed by atoms with Crippen molar-refractivity contribution in [3.05, 3.63) is 6.07 Å². The third kappa shape index (κ3) is 3.01. The van der Waals surface area contributed by atoms with E-state index in [0.29, 0.717) is 12.1 Å². The zero-order valence-corrected chi connectivity index (χ0v) is 13.7. The van der Waals surface area contributed by atoms with E-state index in [1.54, 1.807) is 18.9 Å². The Kier molecular flexibility index (Phi) is 4.75. The normalized spacial score (nSPS) is 24.1. The van der Waals surface area contributed by atoms with E-state index in [4.69, 9.17) is 4.74 Å². The van der Waals surface area contributed by atoms with Crippen LogP contribution in [0.3, 0.4) is 0 Å². The molecule has 0 saturated heterocycles. The van der Waals surface area contributed by atoms with E-state index in [9.17, 15) is 0 Å². The Bertz CT molecular complexity index is 466. The van der Waals surface area contributed by atoms with E-state index in [1.807, 2.05) is 12.3 Å². The zero-order valence-electron chi connectivity index (χ0n) is 12.9. The highest BCUT2D eigenvalue weighted by atomic mass is 32.2. The lowest BCUT2D eigenvalue weighted by Crippen LogP contribution is -2.57. The molecule has 1 aliphatic carbocycles. The van der Waals surface area contributed by atoms with Gasteiger partial charge < -0.3 is 15.4 Å². The van der Waals surface area contributed by atoms with E-state index >= 15 is 0 Å². The molecule has 0 amide bonds. The van der Waals surface area contributed by atoms with Crippen molar-refractivity contribution in [2.75, 3.05) is 30.5 Å². The molecule has 1 aromatic rings. The van der Waals surface area contributed by atoms with Crippen LogP contribution in [-0.4, -0.2) is 42.0 Å². The number of methoxy groups -OCH3 is 1. The summed E-state index contributed by atoms with van der Waals surface area (Å²) in [5.41, 5.74) is 0.123. The molecule has 0 bridgehead atoms. The highest BCUT2D eigenvalue weighted by Crippen LogP contribution is 2.43. The Morgan fingerprint density at radius 1 is 1.40 bits per heavy atom. The number of rotatable bonds is 6. The Morgan fingerprint density at radius 3 is 2.65 bits per heavy atom. The maximum atomic E-state index is 5.49. The molecule has 2 rings (SSSR count). The lowest BCUT2D eigenvalue weighted by molar-refractivity contribution is -0.0795. The molecule has 5 nitrogen and oxygen atoms in total. The number of anilines is 2. The third-order valence-electron chi connectivity index (χ3n) is 4.03. The second-order valence-corrected chi connectivity index (χ2v) is 6.41. The van der Waals surface area contributed by atoms with Crippen molar-refractivity contribution >= 4 is 23.4 Å². The Balaban J connectivity index is 2.11. The van der Waals surface area contributed by atoms with Gasteiger partial charge in [0.15, 0.2) is 5.16 Å². The summed E-state index contributed by atoms with van der Waals surface area (Å²) >= 11 is 1.55. The number of thioether (sulfide) groups is 1. The summed E-state index contributed by atoms with van der Waals surface area (Å²) in [5, 5.41) is 7.55. The van der Waals surface area contributed by atoms with Gasteiger partial charge in [-0.3, -0.25) is 0 Å². The van der Waals surface area contributed by atoms with Crippen molar-refractivity contribution in [3.63, 3.8) is 0 Å². The third-order valence-corrected chi connectivity index (χ3v) is 4.58. The van der Waals surface area contributed by atoms with Crippen molar-refractivity contribution in [2.45, 2.75) is 44.5 Å². The predicted molar refractivity (Wildman–Crippen MR) is 84.6 cm³/mol. The number of aromatic nitrogens is 2. The van der Waals surface area contributed by atoms with Gasteiger partial charge in [-0.15, -0.1) is 0 Å². The number of nitrogens with one attached hydrogen (secondary N) is 2. The highest BCUT2D eigenvalue weighted by molar-refractivity contribution is 7.98. The summed E-state index contributed by atoms with van der Waals surface area (Å²) in [6, 6.07) is 2.35. The molecule has 1 saturated carbocycles.